The number of hydrogen-bond donors (Lipinski definition) is 1. The third-order valence-electron chi connectivity index (χ3n) is 6.02. The molecule has 2 aromatic heterocycles. The molecule has 1 N–H and O–H groups in total. The van der Waals surface area contributed by atoms with Crippen molar-refractivity contribution in [1.29, 1.82) is 0 Å². The second-order valence-electron chi connectivity index (χ2n) is 7.83. The van der Waals surface area contributed by atoms with E-state index in [1.165, 1.54) is 55.5 Å². The zero-order valence-electron chi connectivity index (χ0n) is 15.6. The zero-order chi connectivity index (χ0) is 18.1. The molecular weight excluding hydrogens is 352 g/mol. The highest BCUT2D eigenvalue weighted by molar-refractivity contribution is 7.21. The van der Waals surface area contributed by atoms with Crippen LogP contribution in [-0.2, 0) is 0 Å². The van der Waals surface area contributed by atoms with Gasteiger partial charge in [0.15, 0.2) is 0 Å². The van der Waals surface area contributed by atoms with Crippen molar-refractivity contribution in [2.45, 2.75) is 50.6 Å². The smallest absolute Gasteiger partial charge is 0.138 e. The number of piperidine rings is 1. The van der Waals surface area contributed by atoms with Gasteiger partial charge < -0.3 is 5.32 Å². The molecule has 1 saturated heterocycles. The molecule has 0 amide bonds. The molecule has 1 aliphatic heterocycles. The minimum Gasteiger partial charge on any atom is -0.365 e. The van der Waals surface area contributed by atoms with Crippen LogP contribution in [0.2, 0.25) is 0 Å². The van der Waals surface area contributed by atoms with Gasteiger partial charge in [0.25, 0.3) is 0 Å². The quantitative estimate of drug-likeness (QED) is 0.679. The van der Waals surface area contributed by atoms with Gasteiger partial charge in [-0.25, -0.2) is 9.97 Å². The summed E-state index contributed by atoms with van der Waals surface area (Å²) < 4.78 is 0. The molecule has 0 radical (unpaired) electrons. The van der Waals surface area contributed by atoms with Crippen molar-refractivity contribution >= 4 is 27.4 Å². The standard InChI is InChI=1S/C22H26N4S/c1-2-7-16(8-3-1)20-13-19-21(23-15-24-22(19)27-20)25-17-9-6-12-26(14-17)18-10-4-5-11-18/h1-3,7-8,13,15,17-18H,4-6,9-12,14H2,(H,23,24,25). The fourth-order valence-electron chi connectivity index (χ4n) is 4.63. The molecule has 3 aromatic rings. The number of hydrogen-bond acceptors (Lipinski definition) is 5. The van der Waals surface area contributed by atoms with Crippen molar-refractivity contribution in [2.24, 2.45) is 0 Å². The van der Waals surface area contributed by atoms with E-state index in [9.17, 15) is 0 Å². The predicted octanol–water partition coefficient (Wildman–Crippen LogP) is 5.18. The average molecular weight is 379 g/mol. The molecule has 2 fully saturated rings. The topological polar surface area (TPSA) is 41.0 Å². The minimum atomic E-state index is 0.484. The van der Waals surface area contributed by atoms with E-state index >= 15 is 0 Å². The summed E-state index contributed by atoms with van der Waals surface area (Å²) in [7, 11) is 0. The highest BCUT2D eigenvalue weighted by Gasteiger charge is 2.28. The van der Waals surface area contributed by atoms with Crippen LogP contribution in [0.3, 0.4) is 0 Å². The molecule has 0 bridgehead atoms. The first kappa shape index (κ1) is 17.1. The van der Waals surface area contributed by atoms with Gasteiger partial charge in [0.2, 0.25) is 0 Å². The van der Waals surface area contributed by atoms with Crippen molar-refractivity contribution < 1.29 is 0 Å². The summed E-state index contributed by atoms with van der Waals surface area (Å²) in [6.07, 6.45) is 9.79. The zero-order valence-corrected chi connectivity index (χ0v) is 16.4. The van der Waals surface area contributed by atoms with Crippen molar-refractivity contribution in [3.05, 3.63) is 42.7 Å². The molecule has 1 aromatic carbocycles. The molecule has 27 heavy (non-hydrogen) atoms. The van der Waals surface area contributed by atoms with Gasteiger partial charge in [-0.15, -0.1) is 11.3 Å². The van der Waals surface area contributed by atoms with Crippen LogP contribution in [-0.4, -0.2) is 40.0 Å². The molecular formula is C22H26N4S. The third-order valence-corrected chi connectivity index (χ3v) is 7.11. The number of nitrogens with zero attached hydrogens (tertiary/aromatic N) is 3. The number of benzene rings is 1. The maximum Gasteiger partial charge on any atom is 0.138 e. The Morgan fingerprint density at radius 2 is 1.85 bits per heavy atom. The molecule has 140 valence electrons. The summed E-state index contributed by atoms with van der Waals surface area (Å²) in [6.45, 7) is 2.41. The van der Waals surface area contributed by atoms with Crippen LogP contribution < -0.4 is 5.32 Å². The maximum atomic E-state index is 4.60. The van der Waals surface area contributed by atoms with Gasteiger partial charge in [-0.2, -0.15) is 0 Å². The van der Waals surface area contributed by atoms with E-state index in [1.807, 2.05) is 0 Å². The van der Waals surface area contributed by atoms with Gasteiger partial charge in [-0.3, -0.25) is 4.90 Å². The Kier molecular flexibility index (Phi) is 4.80. The second kappa shape index (κ2) is 7.56. The van der Waals surface area contributed by atoms with Crippen LogP contribution in [0.1, 0.15) is 38.5 Å². The first-order valence-corrected chi connectivity index (χ1v) is 11.0. The van der Waals surface area contributed by atoms with Gasteiger partial charge in [-0.1, -0.05) is 43.2 Å². The number of aromatic nitrogens is 2. The highest BCUT2D eigenvalue weighted by atomic mass is 32.1. The SMILES string of the molecule is c1ccc(-c2cc3c(NC4CCCN(C5CCCC5)C4)ncnc3s2)cc1. The normalized spacial score (nSPS) is 21.7. The van der Waals surface area contributed by atoms with Crippen molar-refractivity contribution in [3.63, 3.8) is 0 Å². The van der Waals surface area contributed by atoms with E-state index < -0.39 is 0 Å². The lowest BCUT2D eigenvalue weighted by Crippen LogP contribution is -2.46. The number of fused-ring (bicyclic) bond motifs is 1. The first-order valence-electron chi connectivity index (χ1n) is 10.2. The summed E-state index contributed by atoms with van der Waals surface area (Å²) in [5.41, 5.74) is 1.25. The van der Waals surface area contributed by atoms with Gasteiger partial charge in [0, 0.05) is 23.5 Å². The molecule has 1 saturated carbocycles. The van der Waals surface area contributed by atoms with Crippen LogP contribution >= 0.6 is 11.3 Å². The molecule has 5 rings (SSSR count). The van der Waals surface area contributed by atoms with Crippen molar-refractivity contribution in [2.75, 3.05) is 18.4 Å². The highest BCUT2D eigenvalue weighted by Crippen LogP contribution is 2.35. The predicted molar refractivity (Wildman–Crippen MR) is 113 cm³/mol. The average Bonchev–Trinajstić information content (AvgIpc) is 3.39. The van der Waals surface area contributed by atoms with E-state index in [1.54, 1.807) is 17.7 Å². The molecule has 1 unspecified atom stereocenters. The lowest BCUT2D eigenvalue weighted by atomic mass is 10.0. The minimum absolute atomic E-state index is 0.484. The molecule has 2 aliphatic rings. The lowest BCUT2D eigenvalue weighted by Gasteiger charge is -2.37. The van der Waals surface area contributed by atoms with Gasteiger partial charge in [0.05, 0.1) is 5.39 Å². The van der Waals surface area contributed by atoms with Crippen LogP contribution in [0.25, 0.3) is 20.7 Å². The number of rotatable bonds is 4. The Balaban J connectivity index is 1.37. The fraction of sp³-hybridized carbons (Fsp3) is 0.455. The van der Waals surface area contributed by atoms with E-state index in [2.05, 4.69) is 56.6 Å². The number of nitrogens with one attached hydrogen (secondary N) is 1. The monoisotopic (exact) mass is 378 g/mol. The lowest BCUT2D eigenvalue weighted by molar-refractivity contribution is 0.156. The summed E-state index contributed by atoms with van der Waals surface area (Å²) >= 11 is 1.75. The Morgan fingerprint density at radius 3 is 2.70 bits per heavy atom. The van der Waals surface area contributed by atoms with Gasteiger partial charge in [-0.05, 0) is 43.9 Å². The molecule has 3 heterocycles. The Labute approximate surface area is 164 Å². The van der Waals surface area contributed by atoms with Crippen LogP contribution in [0.4, 0.5) is 5.82 Å². The molecule has 1 aliphatic carbocycles. The Hall–Kier alpha value is -1.98. The van der Waals surface area contributed by atoms with Gasteiger partial charge >= 0.3 is 0 Å². The van der Waals surface area contributed by atoms with Crippen molar-refractivity contribution in [3.8, 4) is 10.4 Å². The fourth-order valence-corrected chi connectivity index (χ4v) is 5.64. The van der Waals surface area contributed by atoms with Crippen LogP contribution in [0.5, 0.6) is 0 Å². The summed E-state index contributed by atoms with van der Waals surface area (Å²) in [6, 6.07) is 14.1. The van der Waals surface area contributed by atoms with Crippen molar-refractivity contribution in [1.82, 2.24) is 14.9 Å². The van der Waals surface area contributed by atoms with Crippen LogP contribution in [0.15, 0.2) is 42.7 Å². The Bertz CT molecular complexity index is 901. The summed E-state index contributed by atoms with van der Waals surface area (Å²) in [5.74, 6) is 0.997. The number of anilines is 1. The largest absolute Gasteiger partial charge is 0.365 e. The number of thiophene rings is 1. The van der Waals surface area contributed by atoms with E-state index in [4.69, 9.17) is 0 Å². The molecule has 5 heteroatoms. The van der Waals surface area contributed by atoms with E-state index in [0.717, 1.165) is 28.6 Å². The molecule has 0 spiro atoms. The Morgan fingerprint density at radius 1 is 1.00 bits per heavy atom. The first-order chi connectivity index (χ1) is 13.4. The third kappa shape index (κ3) is 3.58. The van der Waals surface area contributed by atoms with Gasteiger partial charge in [0.1, 0.15) is 17.0 Å². The molecule has 1 atom stereocenters. The van der Waals surface area contributed by atoms with E-state index in [0.29, 0.717) is 6.04 Å². The van der Waals surface area contributed by atoms with Crippen LogP contribution in [0, 0.1) is 0 Å². The summed E-state index contributed by atoms with van der Waals surface area (Å²) in [4.78, 5) is 14.1. The number of likely N-dealkylation sites (tertiary alicyclic amines) is 1. The van der Waals surface area contributed by atoms with E-state index in [-0.39, 0.29) is 0 Å². The maximum absolute atomic E-state index is 4.60. The second-order valence-corrected chi connectivity index (χ2v) is 8.87. The molecule has 4 nitrogen and oxygen atoms in total. The summed E-state index contributed by atoms with van der Waals surface area (Å²) in [5, 5.41) is 4.91.